The number of rotatable bonds is 6. The van der Waals surface area contributed by atoms with Crippen LogP contribution in [0, 0.1) is 6.92 Å². The van der Waals surface area contributed by atoms with Crippen molar-refractivity contribution in [3.63, 3.8) is 0 Å². The van der Waals surface area contributed by atoms with E-state index in [0.29, 0.717) is 36.1 Å². The standard InChI is InChI=1S/C22H22N6O5S/c1-14-23-20(13-21(24-14)28-8-10-32-11-9-28)25-15-2-4-16(5-3-15)27-34(30,31)17-6-7-19-18(12-17)26-22(29)33-19/h2-7,12-13,27H,8-11H2,1H3,(H,26,29)(H,23,24,25). The summed E-state index contributed by atoms with van der Waals surface area (Å²) in [7, 11) is -3.86. The predicted octanol–water partition coefficient (Wildman–Crippen LogP) is 2.60. The Bertz CT molecular complexity index is 1490. The summed E-state index contributed by atoms with van der Waals surface area (Å²) in [5.74, 6) is 1.48. The number of ether oxygens (including phenoxy) is 1. The SMILES string of the molecule is Cc1nc(Nc2ccc(NS(=O)(=O)c3ccc4oc(=O)[nH]c4c3)cc2)cc(N2CCOCC2)n1. The fourth-order valence-corrected chi connectivity index (χ4v) is 4.74. The van der Waals surface area contributed by atoms with Gasteiger partial charge in [-0.2, -0.15) is 0 Å². The van der Waals surface area contributed by atoms with Crippen molar-refractivity contribution >= 4 is 44.1 Å². The Balaban J connectivity index is 1.30. The molecular formula is C22H22N6O5S. The molecule has 0 radical (unpaired) electrons. The van der Waals surface area contributed by atoms with Crippen molar-refractivity contribution in [2.75, 3.05) is 41.2 Å². The van der Waals surface area contributed by atoms with Gasteiger partial charge in [0.25, 0.3) is 10.0 Å². The molecule has 5 rings (SSSR count). The molecule has 176 valence electrons. The van der Waals surface area contributed by atoms with Crippen molar-refractivity contribution in [1.29, 1.82) is 0 Å². The number of morpholine rings is 1. The van der Waals surface area contributed by atoms with Crippen LogP contribution in [0.1, 0.15) is 5.82 Å². The third-order valence-corrected chi connectivity index (χ3v) is 6.65. The summed E-state index contributed by atoms with van der Waals surface area (Å²) in [5, 5.41) is 3.24. The number of aromatic nitrogens is 3. The highest BCUT2D eigenvalue weighted by atomic mass is 32.2. The molecule has 0 atom stereocenters. The highest BCUT2D eigenvalue weighted by Crippen LogP contribution is 2.24. The number of oxazole rings is 1. The molecule has 2 aromatic heterocycles. The van der Waals surface area contributed by atoms with E-state index in [9.17, 15) is 13.2 Å². The van der Waals surface area contributed by atoms with E-state index in [1.54, 1.807) is 24.3 Å². The molecule has 0 spiro atoms. The predicted molar refractivity (Wildman–Crippen MR) is 127 cm³/mol. The number of sulfonamides is 1. The van der Waals surface area contributed by atoms with Gasteiger partial charge in [-0.15, -0.1) is 0 Å². The second-order valence-electron chi connectivity index (χ2n) is 7.74. The van der Waals surface area contributed by atoms with Crippen molar-refractivity contribution < 1.29 is 17.6 Å². The van der Waals surface area contributed by atoms with Gasteiger partial charge in [0.05, 0.1) is 23.6 Å². The first kappa shape index (κ1) is 21.9. The number of hydrogen-bond donors (Lipinski definition) is 3. The van der Waals surface area contributed by atoms with Crippen LogP contribution in [-0.2, 0) is 14.8 Å². The van der Waals surface area contributed by atoms with Gasteiger partial charge in [-0.3, -0.25) is 9.71 Å². The maximum atomic E-state index is 12.8. The number of fused-ring (bicyclic) bond motifs is 1. The van der Waals surface area contributed by atoms with Gasteiger partial charge in [0.15, 0.2) is 5.58 Å². The summed E-state index contributed by atoms with van der Waals surface area (Å²) < 4.78 is 38.4. The second-order valence-corrected chi connectivity index (χ2v) is 9.42. The maximum Gasteiger partial charge on any atom is 0.417 e. The molecule has 34 heavy (non-hydrogen) atoms. The molecule has 1 fully saturated rings. The van der Waals surface area contributed by atoms with E-state index in [2.05, 4.69) is 29.9 Å². The first-order valence-corrected chi connectivity index (χ1v) is 12.1. The number of nitrogens with zero attached hydrogens (tertiary/aromatic N) is 3. The Hall–Kier alpha value is -3.90. The number of aromatic amines is 1. The van der Waals surface area contributed by atoms with Gasteiger partial charge in [0.2, 0.25) is 0 Å². The number of nitrogens with one attached hydrogen (secondary N) is 3. The van der Waals surface area contributed by atoms with Crippen LogP contribution in [0.15, 0.2) is 62.6 Å². The smallest absolute Gasteiger partial charge is 0.408 e. The van der Waals surface area contributed by atoms with E-state index in [1.165, 1.54) is 18.2 Å². The summed E-state index contributed by atoms with van der Waals surface area (Å²) in [6.45, 7) is 4.71. The molecule has 3 N–H and O–H groups in total. The van der Waals surface area contributed by atoms with Gasteiger partial charge >= 0.3 is 5.76 Å². The van der Waals surface area contributed by atoms with Crippen LogP contribution in [0.25, 0.3) is 11.1 Å². The Labute approximate surface area is 194 Å². The van der Waals surface area contributed by atoms with Crippen molar-refractivity contribution in [3.05, 3.63) is 64.9 Å². The number of benzene rings is 2. The fourth-order valence-electron chi connectivity index (χ4n) is 3.65. The largest absolute Gasteiger partial charge is 0.417 e. The average molecular weight is 483 g/mol. The third kappa shape index (κ3) is 4.72. The maximum absolute atomic E-state index is 12.8. The van der Waals surface area contributed by atoms with E-state index in [4.69, 9.17) is 9.15 Å². The highest BCUT2D eigenvalue weighted by molar-refractivity contribution is 7.92. The zero-order chi connectivity index (χ0) is 23.7. The number of aryl methyl sites for hydroxylation is 1. The highest BCUT2D eigenvalue weighted by Gasteiger charge is 2.17. The molecule has 12 heteroatoms. The molecule has 0 saturated carbocycles. The summed E-state index contributed by atoms with van der Waals surface area (Å²) in [6, 6.07) is 12.8. The first-order valence-electron chi connectivity index (χ1n) is 10.6. The minimum Gasteiger partial charge on any atom is -0.408 e. The Morgan fingerprint density at radius 2 is 1.74 bits per heavy atom. The third-order valence-electron chi connectivity index (χ3n) is 5.27. The minimum atomic E-state index is -3.86. The summed E-state index contributed by atoms with van der Waals surface area (Å²) in [5.41, 5.74) is 1.73. The Morgan fingerprint density at radius 1 is 1.00 bits per heavy atom. The monoisotopic (exact) mass is 482 g/mol. The van der Waals surface area contributed by atoms with Crippen LogP contribution in [0.2, 0.25) is 0 Å². The Morgan fingerprint density at radius 3 is 2.50 bits per heavy atom. The average Bonchev–Trinajstić information content (AvgIpc) is 3.20. The lowest BCUT2D eigenvalue weighted by Gasteiger charge is -2.28. The lowest BCUT2D eigenvalue weighted by Crippen LogP contribution is -2.36. The van der Waals surface area contributed by atoms with Crippen LogP contribution in [-0.4, -0.2) is 49.7 Å². The van der Waals surface area contributed by atoms with Gasteiger partial charge < -0.3 is 19.4 Å². The topological polar surface area (TPSA) is 142 Å². The van der Waals surface area contributed by atoms with E-state index in [0.717, 1.165) is 24.6 Å². The van der Waals surface area contributed by atoms with Crippen molar-refractivity contribution in [3.8, 4) is 0 Å². The van der Waals surface area contributed by atoms with Crippen LogP contribution in [0.3, 0.4) is 0 Å². The zero-order valence-electron chi connectivity index (χ0n) is 18.2. The molecular weight excluding hydrogens is 460 g/mol. The Kier molecular flexibility index (Phi) is 5.67. The van der Waals surface area contributed by atoms with E-state index in [-0.39, 0.29) is 10.5 Å². The lowest BCUT2D eigenvalue weighted by molar-refractivity contribution is 0.122. The van der Waals surface area contributed by atoms with E-state index in [1.807, 2.05) is 13.0 Å². The number of hydrogen-bond acceptors (Lipinski definition) is 9. The zero-order valence-corrected chi connectivity index (χ0v) is 19.1. The van der Waals surface area contributed by atoms with Crippen molar-refractivity contribution in [2.24, 2.45) is 0 Å². The molecule has 0 unspecified atom stereocenters. The van der Waals surface area contributed by atoms with Crippen LogP contribution < -0.4 is 20.7 Å². The fraction of sp³-hybridized carbons (Fsp3) is 0.227. The molecule has 1 saturated heterocycles. The number of anilines is 4. The summed E-state index contributed by atoms with van der Waals surface area (Å²) >= 11 is 0. The van der Waals surface area contributed by atoms with Crippen molar-refractivity contribution in [1.82, 2.24) is 15.0 Å². The molecule has 11 nitrogen and oxygen atoms in total. The molecule has 0 amide bonds. The molecule has 0 bridgehead atoms. The van der Waals surface area contributed by atoms with Crippen LogP contribution >= 0.6 is 0 Å². The summed E-state index contributed by atoms with van der Waals surface area (Å²) in [4.78, 5) is 24.9. The molecule has 0 aliphatic carbocycles. The van der Waals surface area contributed by atoms with Gasteiger partial charge in [0.1, 0.15) is 17.5 Å². The molecule has 1 aliphatic heterocycles. The normalized spacial score (nSPS) is 14.3. The van der Waals surface area contributed by atoms with Crippen LogP contribution in [0.5, 0.6) is 0 Å². The molecule has 1 aliphatic rings. The van der Waals surface area contributed by atoms with E-state index >= 15 is 0 Å². The van der Waals surface area contributed by atoms with Gasteiger partial charge in [-0.1, -0.05) is 0 Å². The summed E-state index contributed by atoms with van der Waals surface area (Å²) in [6.07, 6.45) is 0. The van der Waals surface area contributed by atoms with Crippen molar-refractivity contribution in [2.45, 2.75) is 11.8 Å². The number of H-pyrrole nitrogens is 1. The van der Waals surface area contributed by atoms with Gasteiger partial charge in [-0.25, -0.2) is 23.2 Å². The van der Waals surface area contributed by atoms with Gasteiger partial charge in [0, 0.05) is 30.5 Å². The molecule has 3 heterocycles. The molecule has 4 aromatic rings. The quantitative estimate of drug-likeness (QED) is 0.378. The first-order chi connectivity index (χ1) is 16.4. The molecule has 2 aromatic carbocycles. The minimum absolute atomic E-state index is 0.00588. The van der Waals surface area contributed by atoms with Gasteiger partial charge in [-0.05, 0) is 49.4 Å². The van der Waals surface area contributed by atoms with Crippen LogP contribution in [0.4, 0.5) is 23.0 Å². The second kappa shape index (κ2) is 8.80. The lowest BCUT2D eigenvalue weighted by atomic mass is 10.3. The van der Waals surface area contributed by atoms with E-state index < -0.39 is 15.8 Å².